The van der Waals surface area contributed by atoms with Gasteiger partial charge in [0, 0.05) is 35.6 Å². The smallest absolute Gasteiger partial charge is 0.340 e. The molecule has 0 fully saturated rings. The van der Waals surface area contributed by atoms with Crippen LogP contribution < -0.4 is 5.73 Å². The molecule has 0 saturated carbocycles. The maximum Gasteiger partial charge on any atom is 0.340 e. The monoisotopic (exact) mass is 468 g/mol. The average Bonchev–Trinajstić information content (AvgIpc) is 2.79. The van der Waals surface area contributed by atoms with Crippen molar-refractivity contribution < 1.29 is 24.0 Å². The van der Waals surface area contributed by atoms with Gasteiger partial charge in [0.05, 0.1) is 17.4 Å². The summed E-state index contributed by atoms with van der Waals surface area (Å²) >= 11 is 6.42. The van der Waals surface area contributed by atoms with E-state index in [-0.39, 0.29) is 58.0 Å². The number of rotatable bonds is 5. The van der Waals surface area contributed by atoms with Crippen molar-refractivity contribution in [3.63, 3.8) is 0 Å². The Hall–Kier alpha value is -3.65. The fourth-order valence-corrected chi connectivity index (χ4v) is 4.58. The van der Waals surface area contributed by atoms with Crippen LogP contribution in [0.5, 0.6) is 0 Å². The van der Waals surface area contributed by atoms with Crippen LogP contribution in [-0.2, 0) is 19.1 Å². The predicted octanol–water partition coefficient (Wildman–Crippen LogP) is 4.50. The van der Waals surface area contributed by atoms with Crippen LogP contribution in [0.4, 0.5) is 5.69 Å². The third-order valence-electron chi connectivity index (χ3n) is 5.81. The molecule has 0 spiro atoms. The number of carbonyl (C=O) groups excluding carboxylic acids is 2. The van der Waals surface area contributed by atoms with Crippen molar-refractivity contribution in [1.82, 2.24) is 0 Å². The van der Waals surface area contributed by atoms with E-state index < -0.39 is 16.8 Å². The van der Waals surface area contributed by atoms with E-state index in [1.165, 1.54) is 18.2 Å². The zero-order valence-corrected chi connectivity index (χ0v) is 18.5. The number of hydrogen-bond acceptors (Lipinski definition) is 7. The van der Waals surface area contributed by atoms with Crippen LogP contribution in [-0.4, -0.2) is 23.3 Å². The number of benzene rings is 2. The summed E-state index contributed by atoms with van der Waals surface area (Å²) in [4.78, 5) is 37.1. The summed E-state index contributed by atoms with van der Waals surface area (Å²) in [6.07, 6.45) is 0.566. The first-order chi connectivity index (χ1) is 15.8. The highest BCUT2D eigenvalue weighted by molar-refractivity contribution is 6.31. The summed E-state index contributed by atoms with van der Waals surface area (Å²) in [6.45, 7) is 1.70. The number of carbonyl (C=O) groups is 2. The number of allylic oxidation sites excluding steroid dienone is 2. The molecule has 2 N–H and O–H groups in total. The molecular weight excluding hydrogens is 448 g/mol. The van der Waals surface area contributed by atoms with Crippen molar-refractivity contribution in [2.24, 2.45) is 5.73 Å². The highest BCUT2D eigenvalue weighted by Gasteiger charge is 2.44. The van der Waals surface area contributed by atoms with Crippen molar-refractivity contribution in [3.05, 3.63) is 97.6 Å². The lowest BCUT2D eigenvalue weighted by atomic mass is 9.73. The number of nitro benzene ring substituents is 1. The van der Waals surface area contributed by atoms with Gasteiger partial charge in [0.2, 0.25) is 5.88 Å². The van der Waals surface area contributed by atoms with E-state index >= 15 is 0 Å². The molecule has 8 nitrogen and oxygen atoms in total. The predicted molar refractivity (Wildman–Crippen MR) is 120 cm³/mol. The molecule has 0 unspecified atom stereocenters. The Morgan fingerprint density at radius 2 is 1.97 bits per heavy atom. The molecule has 170 valence electrons. The summed E-state index contributed by atoms with van der Waals surface area (Å²) in [5, 5.41) is 11.6. The second-order valence-corrected chi connectivity index (χ2v) is 8.18. The number of Topliss-reactive ketones (excluding diaryl/α,β-unsaturated/α-hetero) is 1. The molecule has 1 heterocycles. The van der Waals surface area contributed by atoms with Gasteiger partial charge >= 0.3 is 5.97 Å². The lowest BCUT2D eigenvalue weighted by Crippen LogP contribution is -2.33. The van der Waals surface area contributed by atoms with Gasteiger partial charge in [-0.3, -0.25) is 14.9 Å². The van der Waals surface area contributed by atoms with Crippen molar-refractivity contribution in [2.45, 2.75) is 31.6 Å². The van der Waals surface area contributed by atoms with Gasteiger partial charge in [-0.25, -0.2) is 4.79 Å². The van der Waals surface area contributed by atoms with Gasteiger partial charge in [-0.2, -0.15) is 0 Å². The van der Waals surface area contributed by atoms with E-state index in [0.29, 0.717) is 12.2 Å². The maximum absolute atomic E-state index is 13.4. The van der Waals surface area contributed by atoms with Gasteiger partial charge in [-0.15, -0.1) is 0 Å². The molecule has 0 amide bonds. The molecule has 9 heteroatoms. The maximum atomic E-state index is 13.4. The zero-order valence-electron chi connectivity index (χ0n) is 17.7. The van der Waals surface area contributed by atoms with Crippen molar-refractivity contribution in [1.29, 1.82) is 0 Å². The highest BCUT2D eigenvalue weighted by Crippen LogP contribution is 2.49. The topological polar surface area (TPSA) is 122 Å². The van der Waals surface area contributed by atoms with E-state index in [1.807, 2.05) is 30.3 Å². The number of non-ortho nitro benzene ring substituents is 1. The number of ether oxygens (including phenoxy) is 2. The number of esters is 1. The summed E-state index contributed by atoms with van der Waals surface area (Å²) in [5.41, 5.74) is 7.26. The second kappa shape index (κ2) is 9.07. The Morgan fingerprint density at radius 3 is 2.64 bits per heavy atom. The number of nitrogens with two attached hydrogens (primary N) is 1. The van der Waals surface area contributed by atoms with Crippen LogP contribution >= 0.6 is 11.6 Å². The summed E-state index contributed by atoms with van der Waals surface area (Å²) in [7, 11) is 0. The highest BCUT2D eigenvalue weighted by atomic mass is 35.5. The van der Waals surface area contributed by atoms with Crippen LogP contribution in [0, 0.1) is 10.1 Å². The molecule has 0 saturated heterocycles. The normalized spacial score (nSPS) is 20.2. The van der Waals surface area contributed by atoms with Gasteiger partial charge in [0.1, 0.15) is 11.3 Å². The van der Waals surface area contributed by atoms with E-state index in [1.54, 1.807) is 6.92 Å². The molecule has 2 aliphatic rings. The molecule has 2 atom stereocenters. The van der Waals surface area contributed by atoms with Gasteiger partial charge in [-0.05, 0) is 30.0 Å². The first-order valence-corrected chi connectivity index (χ1v) is 10.8. The van der Waals surface area contributed by atoms with Crippen LogP contribution in [0.25, 0.3) is 0 Å². The summed E-state index contributed by atoms with van der Waals surface area (Å²) in [5.74, 6) is -2.06. The Bertz CT molecular complexity index is 1200. The molecule has 1 aliphatic carbocycles. The molecule has 2 aromatic rings. The molecule has 1 aliphatic heterocycles. The Morgan fingerprint density at radius 1 is 1.24 bits per heavy atom. The number of ketones is 1. The minimum atomic E-state index is -1.04. The lowest BCUT2D eigenvalue weighted by molar-refractivity contribution is -0.384. The quantitative estimate of drug-likeness (QED) is 0.389. The molecular formula is C24H21ClN2O6. The van der Waals surface area contributed by atoms with Gasteiger partial charge in [-0.1, -0.05) is 41.9 Å². The lowest BCUT2D eigenvalue weighted by Gasteiger charge is -2.35. The Labute approximate surface area is 194 Å². The van der Waals surface area contributed by atoms with E-state index in [4.69, 9.17) is 26.8 Å². The van der Waals surface area contributed by atoms with E-state index in [2.05, 4.69) is 0 Å². The van der Waals surface area contributed by atoms with Crippen LogP contribution in [0.1, 0.15) is 42.7 Å². The van der Waals surface area contributed by atoms with Crippen LogP contribution in [0.15, 0.2) is 71.3 Å². The minimum absolute atomic E-state index is 0.0704. The van der Waals surface area contributed by atoms with Gasteiger partial charge in [0.25, 0.3) is 5.69 Å². The fraction of sp³-hybridized carbons (Fsp3) is 0.250. The van der Waals surface area contributed by atoms with E-state index in [0.717, 1.165) is 5.56 Å². The van der Waals surface area contributed by atoms with Crippen molar-refractivity contribution >= 4 is 29.0 Å². The molecule has 0 bridgehead atoms. The molecule has 33 heavy (non-hydrogen) atoms. The summed E-state index contributed by atoms with van der Waals surface area (Å²) < 4.78 is 11.0. The van der Waals surface area contributed by atoms with E-state index in [9.17, 15) is 19.7 Å². The Kier molecular flexibility index (Phi) is 6.20. The number of nitrogens with zero attached hydrogens (tertiary/aromatic N) is 1. The average molecular weight is 469 g/mol. The first-order valence-electron chi connectivity index (χ1n) is 10.4. The van der Waals surface area contributed by atoms with Crippen molar-refractivity contribution in [3.8, 4) is 0 Å². The molecule has 4 rings (SSSR count). The van der Waals surface area contributed by atoms with Gasteiger partial charge in [0.15, 0.2) is 5.78 Å². The largest absolute Gasteiger partial charge is 0.462 e. The zero-order chi connectivity index (χ0) is 23.7. The van der Waals surface area contributed by atoms with Gasteiger partial charge < -0.3 is 15.2 Å². The minimum Gasteiger partial charge on any atom is -0.462 e. The second-order valence-electron chi connectivity index (χ2n) is 7.77. The van der Waals surface area contributed by atoms with Crippen molar-refractivity contribution in [2.75, 3.05) is 6.61 Å². The molecule has 0 radical (unpaired) electrons. The first kappa shape index (κ1) is 22.5. The number of halogens is 1. The third kappa shape index (κ3) is 4.21. The fourth-order valence-electron chi connectivity index (χ4n) is 4.35. The number of hydrogen-bond donors (Lipinski definition) is 1. The summed E-state index contributed by atoms with van der Waals surface area (Å²) in [6, 6.07) is 13.4. The van der Waals surface area contributed by atoms with Crippen LogP contribution in [0.3, 0.4) is 0 Å². The SMILES string of the molecule is CCOC(=O)C1=C(N)OC2=C(C(=O)C[C@@H](c3ccccc3)C2)[C@H]1c1cc([N+](=O)[O-])ccc1Cl. The Balaban J connectivity index is 1.87. The third-order valence-corrected chi connectivity index (χ3v) is 6.15. The van der Waals surface area contributed by atoms with Crippen LogP contribution in [0.2, 0.25) is 5.02 Å². The molecule has 2 aromatic carbocycles. The molecule has 0 aromatic heterocycles. The number of nitro groups is 1. The standard InChI is InChI=1S/C24H21ClN2O6/c1-2-32-24(29)22-20(16-12-15(27(30)31)8-9-17(16)25)21-18(28)10-14(11-19(21)33-23(22)26)13-6-4-3-5-7-13/h3-9,12,14,20H,2,10-11,26H2,1H3/t14-,20-/m1/s1.